The number of hydrogen-bond donors (Lipinski definition) is 0. The van der Waals surface area contributed by atoms with Crippen molar-refractivity contribution in [2.24, 2.45) is 11.3 Å². The molecule has 4 nitrogen and oxygen atoms in total. The summed E-state index contributed by atoms with van der Waals surface area (Å²) >= 11 is 0. The van der Waals surface area contributed by atoms with E-state index in [1.54, 1.807) is 13.8 Å². The fourth-order valence-corrected chi connectivity index (χ4v) is 2.26. The van der Waals surface area contributed by atoms with Gasteiger partial charge in [-0.25, -0.2) is 0 Å². The Hall–Kier alpha value is -1.06. The van der Waals surface area contributed by atoms with E-state index in [4.69, 9.17) is 9.47 Å². The summed E-state index contributed by atoms with van der Waals surface area (Å²) in [5.41, 5.74) is -0.953. The van der Waals surface area contributed by atoms with Gasteiger partial charge in [0, 0.05) is 13.8 Å². The third-order valence-electron chi connectivity index (χ3n) is 3.15. The smallest absolute Gasteiger partial charge is 0.327 e. The van der Waals surface area contributed by atoms with Crippen LogP contribution in [-0.2, 0) is 19.1 Å². The topological polar surface area (TPSA) is 52.6 Å². The number of hydrogen-bond acceptors (Lipinski definition) is 4. The van der Waals surface area contributed by atoms with E-state index in [9.17, 15) is 9.59 Å². The molecule has 0 amide bonds. The lowest BCUT2D eigenvalue weighted by molar-refractivity contribution is -0.243. The second-order valence-electron chi connectivity index (χ2n) is 4.84. The zero-order valence-corrected chi connectivity index (χ0v) is 9.33. The fraction of sp³-hybridized carbons (Fsp3) is 0.818. The van der Waals surface area contributed by atoms with Gasteiger partial charge < -0.3 is 9.47 Å². The second-order valence-corrected chi connectivity index (χ2v) is 4.84. The van der Waals surface area contributed by atoms with Gasteiger partial charge in [0.1, 0.15) is 0 Å². The molecule has 1 atom stereocenters. The number of cyclic esters (lactones) is 2. The molecule has 2 fully saturated rings. The van der Waals surface area contributed by atoms with E-state index >= 15 is 0 Å². The van der Waals surface area contributed by atoms with Crippen LogP contribution in [0.1, 0.15) is 40.0 Å². The lowest BCUT2D eigenvalue weighted by Gasteiger charge is -2.33. The van der Waals surface area contributed by atoms with Crippen molar-refractivity contribution in [3.63, 3.8) is 0 Å². The van der Waals surface area contributed by atoms with Crippen molar-refractivity contribution in [1.82, 2.24) is 0 Å². The van der Waals surface area contributed by atoms with Crippen molar-refractivity contribution in [2.75, 3.05) is 0 Å². The van der Waals surface area contributed by atoms with E-state index in [1.165, 1.54) is 0 Å². The number of rotatable bonds is 2. The van der Waals surface area contributed by atoms with Crippen LogP contribution in [-0.4, -0.2) is 17.7 Å². The predicted octanol–water partition coefficient (Wildman–Crippen LogP) is 1.63. The molecule has 15 heavy (non-hydrogen) atoms. The summed E-state index contributed by atoms with van der Waals surface area (Å²) in [6.07, 6.45) is 2.44. The zero-order valence-electron chi connectivity index (χ0n) is 9.33. The van der Waals surface area contributed by atoms with E-state index in [0.717, 1.165) is 12.8 Å². The Balaban J connectivity index is 2.16. The minimum absolute atomic E-state index is 0.124. The molecule has 2 aliphatic rings. The van der Waals surface area contributed by atoms with Crippen LogP contribution in [0.15, 0.2) is 0 Å². The number of carbonyl (C=O) groups is 2. The largest absolute Gasteiger partial charge is 0.422 e. The van der Waals surface area contributed by atoms with Gasteiger partial charge in [0.15, 0.2) is 5.41 Å². The van der Waals surface area contributed by atoms with Crippen molar-refractivity contribution in [2.45, 2.75) is 45.8 Å². The average Bonchev–Trinajstić information content (AvgIpc) is 2.76. The minimum atomic E-state index is -1.10. The summed E-state index contributed by atoms with van der Waals surface area (Å²) in [5.74, 6) is -1.78. The van der Waals surface area contributed by atoms with Gasteiger partial charge in [-0.2, -0.15) is 0 Å². The van der Waals surface area contributed by atoms with Crippen LogP contribution in [0.2, 0.25) is 0 Å². The Labute approximate surface area is 88.9 Å². The highest BCUT2D eigenvalue weighted by Gasteiger charge is 2.70. The van der Waals surface area contributed by atoms with Gasteiger partial charge in [-0.05, 0) is 18.8 Å². The van der Waals surface area contributed by atoms with Gasteiger partial charge >= 0.3 is 11.9 Å². The molecule has 0 N–H and O–H groups in total. The molecule has 0 aromatic carbocycles. The molecule has 1 saturated heterocycles. The van der Waals surface area contributed by atoms with E-state index in [2.05, 4.69) is 0 Å². The molecule has 2 rings (SSSR count). The van der Waals surface area contributed by atoms with E-state index in [1.807, 2.05) is 6.92 Å². The second kappa shape index (κ2) is 2.97. The summed E-state index contributed by atoms with van der Waals surface area (Å²) in [6.45, 7) is 5.19. The van der Waals surface area contributed by atoms with Crippen molar-refractivity contribution < 1.29 is 19.1 Å². The van der Waals surface area contributed by atoms with Crippen LogP contribution in [0.5, 0.6) is 0 Å². The molecule has 1 spiro atoms. The van der Waals surface area contributed by atoms with Gasteiger partial charge in [-0.3, -0.25) is 9.59 Å². The Bertz CT molecular complexity index is 299. The van der Waals surface area contributed by atoms with Gasteiger partial charge in [0.2, 0.25) is 0 Å². The first kappa shape index (κ1) is 10.5. The zero-order chi connectivity index (χ0) is 11.3. The molecule has 0 aromatic rings. The van der Waals surface area contributed by atoms with E-state index in [0.29, 0.717) is 6.42 Å². The Morgan fingerprint density at radius 2 is 1.80 bits per heavy atom. The van der Waals surface area contributed by atoms with Crippen LogP contribution in [0, 0.1) is 11.3 Å². The van der Waals surface area contributed by atoms with Crippen molar-refractivity contribution in [1.29, 1.82) is 0 Å². The number of esters is 2. The molecule has 84 valence electrons. The number of carbonyl (C=O) groups excluding carboxylic acids is 2. The van der Waals surface area contributed by atoms with Crippen molar-refractivity contribution in [3.8, 4) is 0 Å². The maximum atomic E-state index is 11.8. The summed E-state index contributed by atoms with van der Waals surface area (Å²) in [4.78, 5) is 23.5. The average molecular weight is 212 g/mol. The Morgan fingerprint density at radius 1 is 1.27 bits per heavy atom. The quantitative estimate of drug-likeness (QED) is 0.515. The summed E-state index contributed by atoms with van der Waals surface area (Å²) in [6, 6.07) is 0. The molecule has 0 aromatic heterocycles. The molecule has 0 radical (unpaired) electrons. The first-order valence-electron chi connectivity index (χ1n) is 5.39. The van der Waals surface area contributed by atoms with Crippen molar-refractivity contribution >= 4 is 11.9 Å². The van der Waals surface area contributed by atoms with Crippen molar-refractivity contribution in [3.05, 3.63) is 0 Å². The lowest BCUT2D eigenvalue weighted by atomic mass is 10.00. The molecule has 1 aliphatic carbocycles. The molecule has 1 heterocycles. The van der Waals surface area contributed by atoms with Crippen LogP contribution in [0.4, 0.5) is 0 Å². The monoisotopic (exact) mass is 212 g/mol. The molecular formula is C11H16O4. The SMILES string of the molecule is CCC[C@H]1CC12C(=O)OC(C)(C)OC2=O. The highest BCUT2D eigenvalue weighted by atomic mass is 16.7. The molecule has 1 aliphatic heterocycles. The van der Waals surface area contributed by atoms with Gasteiger partial charge in [0.25, 0.3) is 5.79 Å². The van der Waals surface area contributed by atoms with Crippen LogP contribution < -0.4 is 0 Å². The first-order valence-corrected chi connectivity index (χ1v) is 5.39. The van der Waals surface area contributed by atoms with Crippen LogP contribution in [0.25, 0.3) is 0 Å². The highest BCUT2D eigenvalue weighted by Crippen LogP contribution is 2.59. The number of ether oxygens (including phenoxy) is 2. The normalized spacial score (nSPS) is 31.0. The highest BCUT2D eigenvalue weighted by molar-refractivity contribution is 6.05. The maximum absolute atomic E-state index is 11.8. The van der Waals surface area contributed by atoms with Crippen LogP contribution in [0.3, 0.4) is 0 Å². The van der Waals surface area contributed by atoms with E-state index in [-0.39, 0.29) is 5.92 Å². The van der Waals surface area contributed by atoms with E-state index < -0.39 is 23.1 Å². The minimum Gasteiger partial charge on any atom is -0.422 e. The predicted molar refractivity (Wildman–Crippen MR) is 51.7 cm³/mol. The molecule has 4 heteroatoms. The van der Waals surface area contributed by atoms with Gasteiger partial charge in [0.05, 0.1) is 0 Å². The third-order valence-corrected chi connectivity index (χ3v) is 3.15. The molecule has 0 unspecified atom stereocenters. The maximum Gasteiger partial charge on any atom is 0.327 e. The lowest BCUT2D eigenvalue weighted by Crippen LogP contribution is -2.48. The summed E-state index contributed by atoms with van der Waals surface area (Å²) < 4.78 is 10.2. The van der Waals surface area contributed by atoms with Gasteiger partial charge in [-0.15, -0.1) is 0 Å². The first-order chi connectivity index (χ1) is 6.92. The third kappa shape index (κ3) is 1.43. The Morgan fingerprint density at radius 3 is 2.27 bits per heavy atom. The summed E-state index contributed by atoms with van der Waals surface area (Å²) in [5, 5.41) is 0. The van der Waals surface area contributed by atoms with Crippen LogP contribution >= 0.6 is 0 Å². The molecular weight excluding hydrogens is 196 g/mol. The fourth-order valence-electron chi connectivity index (χ4n) is 2.26. The standard InChI is InChI=1S/C11H16O4/c1-4-5-7-6-11(7)8(12)14-10(2,3)15-9(11)13/h7H,4-6H2,1-3H3/t7-/m0/s1. The Kier molecular flexibility index (Phi) is 2.07. The van der Waals surface area contributed by atoms with Gasteiger partial charge in [-0.1, -0.05) is 13.3 Å². The molecule has 1 saturated carbocycles. The summed E-state index contributed by atoms with van der Waals surface area (Å²) in [7, 11) is 0. The molecule has 0 bridgehead atoms.